The van der Waals surface area contributed by atoms with Crippen LogP contribution in [0.2, 0.25) is 5.02 Å². The minimum atomic E-state index is -4.04. The molecule has 1 aliphatic carbocycles. The molecule has 10 heteroatoms. The molecular formula is C30H37ClN2O6S. The van der Waals surface area contributed by atoms with Gasteiger partial charge in [0.25, 0.3) is 5.91 Å². The van der Waals surface area contributed by atoms with E-state index in [1.54, 1.807) is 30.4 Å². The lowest BCUT2D eigenvalue weighted by atomic mass is 9.70. The molecule has 2 heterocycles. The number of ether oxygens (including phenoxy) is 2. The summed E-state index contributed by atoms with van der Waals surface area (Å²) in [5.74, 6) is 0.268. The Bertz CT molecular complexity index is 1360. The summed E-state index contributed by atoms with van der Waals surface area (Å²) < 4.78 is 40.0. The number of carbonyl (C=O) groups excluding carboxylic acids is 1. The standard InChI is InChI=1S/C30H37ClN2O6S/c1-38-19-25-6-4-7-28(34)26-12-9-22(26)17-33-14-3-2-5-20-15-24(31)11-8-23(20)18-39-29-13-10-21(16-27(29)33)30(35)32-40(25,36)37/h4,7-8,10-11,13,15-16,22,25-26,28,34H,2-3,5-6,9,12,14,17-19H2,1H3,(H,32,35)/b7-4+/t22-,25-,26+,28-/m0/s1. The highest BCUT2D eigenvalue weighted by molar-refractivity contribution is 7.90. The summed E-state index contributed by atoms with van der Waals surface area (Å²) in [5.41, 5.74) is 3.22. The van der Waals surface area contributed by atoms with E-state index in [0.29, 0.717) is 23.9 Å². The largest absolute Gasteiger partial charge is 0.487 e. The monoisotopic (exact) mass is 588 g/mol. The summed E-state index contributed by atoms with van der Waals surface area (Å²) >= 11 is 6.28. The van der Waals surface area contributed by atoms with Crippen molar-refractivity contribution >= 4 is 33.2 Å². The molecular weight excluding hydrogens is 552 g/mol. The van der Waals surface area contributed by atoms with Crippen LogP contribution >= 0.6 is 11.6 Å². The van der Waals surface area contributed by atoms with Gasteiger partial charge >= 0.3 is 0 Å². The second-order valence-corrected chi connectivity index (χ2v) is 13.4. The molecule has 0 spiro atoms. The lowest BCUT2D eigenvalue weighted by Crippen LogP contribution is -2.43. The van der Waals surface area contributed by atoms with Gasteiger partial charge in [-0.3, -0.25) is 4.79 Å². The smallest absolute Gasteiger partial charge is 0.264 e. The van der Waals surface area contributed by atoms with Gasteiger partial charge in [0.1, 0.15) is 17.6 Å². The van der Waals surface area contributed by atoms with Gasteiger partial charge in [-0.2, -0.15) is 0 Å². The maximum absolute atomic E-state index is 13.3. The molecule has 0 aromatic heterocycles. The first-order valence-corrected chi connectivity index (χ1v) is 15.9. The van der Waals surface area contributed by atoms with Crippen LogP contribution in [0.4, 0.5) is 5.69 Å². The van der Waals surface area contributed by atoms with Gasteiger partial charge in [0.2, 0.25) is 10.0 Å². The number of allylic oxidation sites excluding steroid dienone is 1. The number of hydrogen-bond acceptors (Lipinski definition) is 7. The van der Waals surface area contributed by atoms with Gasteiger partial charge in [0.05, 0.1) is 18.4 Å². The minimum absolute atomic E-state index is 0.0758. The first-order valence-electron chi connectivity index (χ1n) is 13.9. The predicted molar refractivity (Wildman–Crippen MR) is 155 cm³/mol. The van der Waals surface area contributed by atoms with Crippen LogP contribution in [0.1, 0.15) is 53.6 Å². The molecule has 0 radical (unpaired) electrons. The van der Waals surface area contributed by atoms with E-state index in [0.717, 1.165) is 55.5 Å². The van der Waals surface area contributed by atoms with Crippen LogP contribution in [0.3, 0.4) is 0 Å². The number of aliphatic hydroxyl groups excluding tert-OH is 1. The molecule has 3 aliphatic rings. The van der Waals surface area contributed by atoms with Gasteiger partial charge in [-0.05, 0) is 91.8 Å². The normalized spacial score (nSPS) is 27.7. The topological polar surface area (TPSA) is 105 Å². The second-order valence-electron chi connectivity index (χ2n) is 11.0. The maximum Gasteiger partial charge on any atom is 0.264 e. The summed E-state index contributed by atoms with van der Waals surface area (Å²) in [6, 6.07) is 10.9. The second kappa shape index (κ2) is 12.5. The molecule has 2 N–H and O–H groups in total. The summed E-state index contributed by atoms with van der Waals surface area (Å²) in [6.45, 7) is 1.72. The number of methoxy groups -OCH3 is 1. The number of hydrogen-bond donors (Lipinski definition) is 2. The quantitative estimate of drug-likeness (QED) is 0.498. The van der Waals surface area contributed by atoms with Crippen molar-refractivity contribution in [2.45, 2.75) is 56.5 Å². The van der Waals surface area contributed by atoms with Gasteiger partial charge < -0.3 is 19.5 Å². The van der Waals surface area contributed by atoms with Crippen LogP contribution in [0.15, 0.2) is 48.6 Å². The van der Waals surface area contributed by atoms with Crippen LogP contribution in [0, 0.1) is 11.8 Å². The molecule has 216 valence electrons. The first kappa shape index (κ1) is 28.9. The van der Waals surface area contributed by atoms with Crippen molar-refractivity contribution in [3.8, 4) is 5.75 Å². The average Bonchev–Trinajstić information content (AvgIpc) is 2.93. The zero-order valence-corrected chi connectivity index (χ0v) is 24.3. The third kappa shape index (κ3) is 6.48. The summed E-state index contributed by atoms with van der Waals surface area (Å²) in [5, 5.41) is 10.7. The Morgan fingerprint density at radius 3 is 2.77 bits per heavy atom. The fourth-order valence-electron chi connectivity index (χ4n) is 5.89. The van der Waals surface area contributed by atoms with Crippen LogP contribution in [-0.2, 0) is 27.8 Å². The molecule has 40 heavy (non-hydrogen) atoms. The van der Waals surface area contributed by atoms with Gasteiger partial charge in [-0.25, -0.2) is 13.1 Å². The Morgan fingerprint density at radius 1 is 1.15 bits per heavy atom. The fourth-order valence-corrected chi connectivity index (χ4v) is 7.31. The zero-order chi connectivity index (χ0) is 28.3. The summed E-state index contributed by atoms with van der Waals surface area (Å²) in [7, 11) is -2.62. The number of benzene rings is 2. The van der Waals surface area contributed by atoms with Crippen LogP contribution < -0.4 is 14.4 Å². The van der Waals surface area contributed by atoms with Gasteiger partial charge in [0, 0.05) is 30.8 Å². The number of nitrogens with zero attached hydrogens (tertiary/aromatic N) is 1. The molecule has 2 aromatic carbocycles. The third-order valence-corrected chi connectivity index (χ3v) is 10.3. The van der Waals surface area contributed by atoms with E-state index in [1.165, 1.54) is 7.11 Å². The Balaban J connectivity index is 1.54. The van der Waals surface area contributed by atoms with Crippen molar-refractivity contribution in [1.29, 1.82) is 0 Å². The number of fused-ring (bicyclic) bond motifs is 3. The van der Waals surface area contributed by atoms with Crippen molar-refractivity contribution in [3.05, 3.63) is 70.3 Å². The van der Waals surface area contributed by atoms with E-state index in [9.17, 15) is 18.3 Å². The van der Waals surface area contributed by atoms with E-state index in [-0.39, 0.29) is 30.4 Å². The first-order chi connectivity index (χ1) is 19.2. The molecule has 8 nitrogen and oxygen atoms in total. The number of aliphatic hydroxyl groups is 1. The van der Waals surface area contributed by atoms with E-state index >= 15 is 0 Å². The average molecular weight is 589 g/mol. The Morgan fingerprint density at radius 2 is 2.00 bits per heavy atom. The lowest BCUT2D eigenvalue weighted by molar-refractivity contribution is 0.0461. The van der Waals surface area contributed by atoms with Crippen molar-refractivity contribution < 1.29 is 27.8 Å². The van der Waals surface area contributed by atoms with Crippen molar-refractivity contribution in [3.63, 3.8) is 0 Å². The molecule has 5 rings (SSSR count). The molecule has 2 aromatic rings. The van der Waals surface area contributed by atoms with Crippen LogP contribution in [-0.4, -0.2) is 57.6 Å². The predicted octanol–water partition coefficient (Wildman–Crippen LogP) is 4.48. The molecule has 1 fully saturated rings. The highest BCUT2D eigenvalue weighted by Gasteiger charge is 2.37. The number of rotatable bonds is 2. The third-order valence-electron chi connectivity index (χ3n) is 8.37. The molecule has 2 aliphatic heterocycles. The summed E-state index contributed by atoms with van der Waals surface area (Å²) in [4.78, 5) is 15.5. The zero-order valence-electron chi connectivity index (χ0n) is 22.7. The van der Waals surface area contributed by atoms with E-state index < -0.39 is 27.3 Å². The maximum atomic E-state index is 13.3. The number of carbonyl (C=O) groups is 1. The van der Waals surface area contributed by atoms with Gasteiger partial charge in [-0.15, -0.1) is 0 Å². The molecule has 1 amide bonds. The number of anilines is 1. The van der Waals surface area contributed by atoms with Crippen LogP contribution in [0.5, 0.6) is 5.75 Å². The van der Waals surface area contributed by atoms with E-state index in [2.05, 4.69) is 9.62 Å². The SMILES string of the molecule is COC[C@@H]1C/C=C/[C@H](O)[C@@H]2CC[C@H]2CN2CCCCc3cc(Cl)ccc3COc3ccc(cc32)C(=O)NS1(=O)=O. The lowest BCUT2D eigenvalue weighted by Gasteiger charge is -2.42. The molecule has 1 saturated carbocycles. The van der Waals surface area contributed by atoms with Crippen molar-refractivity contribution in [1.82, 2.24) is 4.72 Å². The van der Waals surface area contributed by atoms with E-state index in [4.69, 9.17) is 21.1 Å². The van der Waals surface area contributed by atoms with Gasteiger partial charge in [-0.1, -0.05) is 29.8 Å². The number of nitrogens with one attached hydrogen (secondary N) is 1. The molecule has 2 bridgehead atoms. The number of aryl methyl sites for hydroxylation is 1. The Hall–Kier alpha value is -2.59. The van der Waals surface area contributed by atoms with Gasteiger partial charge in [0.15, 0.2) is 0 Å². The number of sulfonamides is 1. The highest BCUT2D eigenvalue weighted by Crippen LogP contribution is 2.41. The van der Waals surface area contributed by atoms with Crippen molar-refractivity contribution in [2.24, 2.45) is 11.8 Å². The highest BCUT2D eigenvalue weighted by atomic mass is 35.5. The number of halogens is 1. The van der Waals surface area contributed by atoms with E-state index in [1.807, 2.05) is 18.2 Å². The molecule has 0 unspecified atom stereocenters. The fraction of sp³-hybridized carbons (Fsp3) is 0.500. The van der Waals surface area contributed by atoms with Crippen molar-refractivity contribution in [2.75, 3.05) is 31.7 Å². The molecule has 0 saturated heterocycles. The number of amides is 1. The Labute approximate surface area is 241 Å². The Kier molecular flexibility index (Phi) is 9.05. The minimum Gasteiger partial charge on any atom is -0.487 e. The summed E-state index contributed by atoms with van der Waals surface area (Å²) in [6.07, 6.45) is 7.49. The molecule has 4 atom stereocenters. The van der Waals surface area contributed by atoms with Crippen LogP contribution in [0.25, 0.3) is 0 Å².